The lowest BCUT2D eigenvalue weighted by atomic mass is 10.1. The zero-order valence-electron chi connectivity index (χ0n) is 12.1. The van der Waals surface area contributed by atoms with E-state index in [2.05, 4.69) is 0 Å². The summed E-state index contributed by atoms with van der Waals surface area (Å²) in [5.74, 6) is 1.32. The highest BCUT2D eigenvalue weighted by Crippen LogP contribution is 2.19. The predicted octanol–water partition coefficient (Wildman–Crippen LogP) is 1.68. The van der Waals surface area contributed by atoms with Crippen LogP contribution in [0, 0.1) is 5.92 Å². The van der Waals surface area contributed by atoms with Crippen LogP contribution in [0.4, 0.5) is 0 Å². The van der Waals surface area contributed by atoms with Gasteiger partial charge in [0.25, 0.3) is 0 Å². The number of rotatable bonds is 7. The largest absolute Gasteiger partial charge is 0.496 e. The molecule has 106 valence electrons. The Hall–Kier alpha value is -1.55. The third-order valence-corrected chi connectivity index (χ3v) is 3.21. The highest BCUT2D eigenvalue weighted by molar-refractivity contribution is 5.76. The molecule has 1 aromatic carbocycles. The first-order chi connectivity index (χ1) is 9.08. The van der Waals surface area contributed by atoms with Gasteiger partial charge >= 0.3 is 0 Å². The van der Waals surface area contributed by atoms with Crippen molar-refractivity contribution in [3.8, 4) is 5.75 Å². The molecule has 0 radical (unpaired) electrons. The number of carbonyl (C=O) groups is 1. The molecular formula is C15H24N2O2. The van der Waals surface area contributed by atoms with Crippen molar-refractivity contribution in [2.45, 2.75) is 19.8 Å². The van der Waals surface area contributed by atoms with E-state index in [9.17, 15) is 4.79 Å². The molecule has 4 heteroatoms. The first kappa shape index (κ1) is 15.5. The average Bonchev–Trinajstić information content (AvgIpc) is 2.44. The summed E-state index contributed by atoms with van der Waals surface area (Å²) in [4.78, 5) is 13.8. The summed E-state index contributed by atoms with van der Waals surface area (Å²) in [5, 5.41) is 0. The summed E-state index contributed by atoms with van der Waals surface area (Å²) in [6.07, 6.45) is 1.19. The number of ether oxygens (including phenoxy) is 1. The number of carbonyl (C=O) groups excluding carboxylic acids is 1. The Bertz CT molecular complexity index is 407. The van der Waals surface area contributed by atoms with Gasteiger partial charge in [0.15, 0.2) is 0 Å². The Balaban J connectivity index is 2.49. The molecule has 0 fully saturated rings. The van der Waals surface area contributed by atoms with Crippen LogP contribution in [0.5, 0.6) is 5.75 Å². The van der Waals surface area contributed by atoms with Crippen molar-refractivity contribution >= 4 is 5.91 Å². The minimum Gasteiger partial charge on any atom is -0.496 e. The van der Waals surface area contributed by atoms with Crippen LogP contribution in [0.3, 0.4) is 0 Å². The number of hydrogen-bond donors (Lipinski definition) is 1. The number of hydrogen-bond acceptors (Lipinski definition) is 3. The van der Waals surface area contributed by atoms with E-state index in [4.69, 9.17) is 10.5 Å². The van der Waals surface area contributed by atoms with E-state index in [1.165, 1.54) is 0 Å². The molecule has 1 unspecified atom stereocenters. The molecule has 19 heavy (non-hydrogen) atoms. The van der Waals surface area contributed by atoms with Crippen LogP contribution in [-0.2, 0) is 11.2 Å². The maximum Gasteiger partial charge on any atom is 0.222 e. The summed E-state index contributed by atoms with van der Waals surface area (Å²) < 4.78 is 5.28. The fourth-order valence-corrected chi connectivity index (χ4v) is 1.99. The molecular weight excluding hydrogens is 240 g/mol. The second kappa shape index (κ2) is 7.79. The minimum atomic E-state index is 0.145. The van der Waals surface area contributed by atoms with Gasteiger partial charge in [0, 0.05) is 20.0 Å². The van der Waals surface area contributed by atoms with Crippen LogP contribution in [0.1, 0.15) is 18.9 Å². The van der Waals surface area contributed by atoms with Gasteiger partial charge in [-0.1, -0.05) is 25.1 Å². The summed E-state index contributed by atoms with van der Waals surface area (Å²) in [5.41, 5.74) is 6.64. The van der Waals surface area contributed by atoms with Crippen LogP contribution in [0.25, 0.3) is 0 Å². The molecule has 4 nitrogen and oxygen atoms in total. The third-order valence-electron chi connectivity index (χ3n) is 3.21. The molecule has 2 N–H and O–H groups in total. The van der Waals surface area contributed by atoms with Gasteiger partial charge in [-0.3, -0.25) is 4.79 Å². The lowest BCUT2D eigenvalue weighted by Gasteiger charge is -2.20. The second-order valence-electron chi connectivity index (χ2n) is 4.93. The first-order valence-electron chi connectivity index (χ1n) is 6.64. The number of para-hydroxylation sites is 1. The fourth-order valence-electron chi connectivity index (χ4n) is 1.99. The molecule has 1 atom stereocenters. The SMILES string of the molecule is COc1ccccc1CCC(=O)N(C)CC(C)CN. The van der Waals surface area contributed by atoms with Crippen LogP contribution >= 0.6 is 0 Å². The maximum atomic E-state index is 12.0. The number of methoxy groups -OCH3 is 1. The number of nitrogens with zero attached hydrogens (tertiary/aromatic N) is 1. The van der Waals surface area contributed by atoms with Crippen molar-refractivity contribution in [3.05, 3.63) is 29.8 Å². The quantitative estimate of drug-likeness (QED) is 0.815. The van der Waals surface area contributed by atoms with Gasteiger partial charge in [-0.2, -0.15) is 0 Å². The van der Waals surface area contributed by atoms with Crippen LogP contribution in [0.15, 0.2) is 24.3 Å². The van der Waals surface area contributed by atoms with Crippen molar-refractivity contribution in [1.29, 1.82) is 0 Å². The number of benzene rings is 1. The molecule has 0 aromatic heterocycles. The van der Waals surface area contributed by atoms with Crippen molar-refractivity contribution < 1.29 is 9.53 Å². The monoisotopic (exact) mass is 264 g/mol. The minimum absolute atomic E-state index is 0.145. The van der Waals surface area contributed by atoms with E-state index in [1.807, 2.05) is 38.2 Å². The molecule has 0 aliphatic rings. The Morgan fingerprint density at radius 2 is 2.11 bits per heavy atom. The molecule has 0 bridgehead atoms. The van der Waals surface area contributed by atoms with Crippen molar-refractivity contribution in [3.63, 3.8) is 0 Å². The first-order valence-corrected chi connectivity index (χ1v) is 6.64. The van der Waals surface area contributed by atoms with Gasteiger partial charge in [0.1, 0.15) is 5.75 Å². The third kappa shape index (κ3) is 4.91. The topological polar surface area (TPSA) is 55.6 Å². The summed E-state index contributed by atoms with van der Waals surface area (Å²) in [6.45, 7) is 3.36. The maximum absolute atomic E-state index is 12.0. The van der Waals surface area contributed by atoms with Crippen LogP contribution in [0.2, 0.25) is 0 Å². The standard InChI is InChI=1S/C15H24N2O2/c1-12(10-16)11-17(2)15(18)9-8-13-6-4-5-7-14(13)19-3/h4-7,12H,8-11,16H2,1-3H3. The fraction of sp³-hybridized carbons (Fsp3) is 0.533. The molecule has 0 saturated carbocycles. The van der Waals surface area contributed by atoms with Crippen molar-refractivity contribution in [2.75, 3.05) is 27.2 Å². The summed E-state index contributed by atoms with van der Waals surface area (Å²) in [6, 6.07) is 7.80. The Morgan fingerprint density at radius 1 is 1.42 bits per heavy atom. The number of amides is 1. The Labute approximate surface area is 115 Å². The Kier molecular flexibility index (Phi) is 6.36. The molecule has 1 rings (SSSR count). The number of nitrogens with two attached hydrogens (primary N) is 1. The van der Waals surface area contributed by atoms with E-state index in [-0.39, 0.29) is 5.91 Å². The smallest absolute Gasteiger partial charge is 0.222 e. The zero-order chi connectivity index (χ0) is 14.3. The Morgan fingerprint density at radius 3 is 2.74 bits per heavy atom. The molecule has 0 spiro atoms. The van der Waals surface area contributed by atoms with Crippen molar-refractivity contribution in [2.24, 2.45) is 11.7 Å². The predicted molar refractivity (Wildman–Crippen MR) is 77.2 cm³/mol. The average molecular weight is 264 g/mol. The molecule has 1 amide bonds. The highest BCUT2D eigenvalue weighted by atomic mass is 16.5. The van der Waals surface area contributed by atoms with Crippen molar-refractivity contribution in [1.82, 2.24) is 4.90 Å². The van der Waals surface area contributed by atoms with Gasteiger partial charge in [-0.05, 0) is 30.5 Å². The van der Waals surface area contributed by atoms with Gasteiger partial charge in [-0.25, -0.2) is 0 Å². The lowest BCUT2D eigenvalue weighted by Crippen LogP contribution is -2.33. The zero-order valence-corrected chi connectivity index (χ0v) is 12.1. The van der Waals surface area contributed by atoms with Crippen LogP contribution in [-0.4, -0.2) is 38.1 Å². The van der Waals surface area contributed by atoms with E-state index in [1.54, 1.807) is 12.0 Å². The van der Waals surface area contributed by atoms with E-state index in [0.29, 0.717) is 31.8 Å². The molecule has 0 aliphatic heterocycles. The van der Waals surface area contributed by atoms with Gasteiger partial charge < -0.3 is 15.4 Å². The van der Waals surface area contributed by atoms with Crippen LogP contribution < -0.4 is 10.5 Å². The van der Waals surface area contributed by atoms with Gasteiger partial charge in [0.2, 0.25) is 5.91 Å². The normalized spacial score (nSPS) is 12.0. The van der Waals surface area contributed by atoms with E-state index in [0.717, 1.165) is 11.3 Å². The van der Waals surface area contributed by atoms with E-state index < -0.39 is 0 Å². The summed E-state index contributed by atoms with van der Waals surface area (Å²) in [7, 11) is 3.48. The lowest BCUT2D eigenvalue weighted by molar-refractivity contribution is -0.130. The molecule has 0 saturated heterocycles. The highest BCUT2D eigenvalue weighted by Gasteiger charge is 2.12. The van der Waals surface area contributed by atoms with E-state index >= 15 is 0 Å². The molecule has 0 aliphatic carbocycles. The second-order valence-corrected chi connectivity index (χ2v) is 4.93. The molecule has 1 aromatic rings. The van der Waals surface area contributed by atoms with Gasteiger partial charge in [-0.15, -0.1) is 0 Å². The molecule has 0 heterocycles. The number of aryl methyl sites for hydroxylation is 1. The van der Waals surface area contributed by atoms with Gasteiger partial charge in [0.05, 0.1) is 7.11 Å². The summed E-state index contributed by atoms with van der Waals surface area (Å²) >= 11 is 0.